The van der Waals surface area contributed by atoms with E-state index in [1.165, 1.54) is 32.4 Å². The molecule has 6 rings (SSSR count). The van der Waals surface area contributed by atoms with Crippen LogP contribution in [0.15, 0.2) is 35.8 Å². The molecule has 4 heterocycles. The van der Waals surface area contributed by atoms with Gasteiger partial charge in [0, 0.05) is 33.9 Å². The number of benzene rings is 1. The summed E-state index contributed by atoms with van der Waals surface area (Å²) in [6.45, 7) is 2.39. The first kappa shape index (κ1) is 15.3. The second-order valence-electron chi connectivity index (χ2n) is 7.72. The van der Waals surface area contributed by atoms with E-state index in [4.69, 9.17) is 0 Å². The number of fused-ring (bicyclic) bond motifs is 4. The number of thiazole rings is 1. The highest BCUT2D eigenvalue weighted by atomic mass is 32.1. The number of aromatic nitrogens is 1. The third-order valence-electron chi connectivity index (χ3n) is 6.38. The summed E-state index contributed by atoms with van der Waals surface area (Å²) < 4.78 is 1.16. The van der Waals surface area contributed by atoms with Gasteiger partial charge in [0.05, 0.1) is 10.9 Å². The van der Waals surface area contributed by atoms with Gasteiger partial charge in [-0.2, -0.15) is 0 Å². The topological polar surface area (TPSA) is 45.2 Å². The highest BCUT2D eigenvalue weighted by Gasteiger charge is 2.63. The maximum absolute atomic E-state index is 13.0. The zero-order chi connectivity index (χ0) is 17.3. The molecule has 2 aromatic heterocycles. The third-order valence-corrected chi connectivity index (χ3v) is 8.37. The standard InChI is InChI=1S/C20H19N3OS2/c24-18(22-17-13-4-8-23(11-13)20(17)5-6-20)15-10-12-2-1-3-14(16(12)26-15)19-21-7-9-25-19/h1-3,7,9-10,13,17H,4-6,8,11H2,(H,22,24). The lowest BCUT2D eigenvalue weighted by Crippen LogP contribution is -2.51. The molecule has 3 atom stereocenters. The molecule has 1 aliphatic carbocycles. The molecule has 3 fully saturated rings. The number of nitrogens with one attached hydrogen (secondary N) is 1. The van der Waals surface area contributed by atoms with Crippen LogP contribution in [-0.2, 0) is 0 Å². The van der Waals surface area contributed by atoms with Gasteiger partial charge in [0.1, 0.15) is 5.01 Å². The van der Waals surface area contributed by atoms with Crippen LogP contribution in [0.3, 0.4) is 0 Å². The van der Waals surface area contributed by atoms with E-state index in [2.05, 4.69) is 33.4 Å². The molecule has 26 heavy (non-hydrogen) atoms. The molecule has 1 saturated carbocycles. The molecule has 6 heteroatoms. The molecule has 1 N–H and O–H groups in total. The number of hydrogen-bond acceptors (Lipinski definition) is 5. The largest absolute Gasteiger partial charge is 0.346 e. The van der Waals surface area contributed by atoms with Gasteiger partial charge in [-0.05, 0) is 43.2 Å². The molecule has 3 unspecified atom stereocenters. The fraction of sp³-hybridized carbons (Fsp3) is 0.400. The quantitative estimate of drug-likeness (QED) is 0.746. The Bertz CT molecular complexity index is 1010. The zero-order valence-corrected chi connectivity index (χ0v) is 15.9. The van der Waals surface area contributed by atoms with Crippen molar-refractivity contribution in [3.05, 3.63) is 40.7 Å². The number of amides is 1. The van der Waals surface area contributed by atoms with Crippen LogP contribution in [0.25, 0.3) is 20.7 Å². The molecule has 1 amide bonds. The maximum atomic E-state index is 13.0. The van der Waals surface area contributed by atoms with Crippen molar-refractivity contribution in [3.63, 3.8) is 0 Å². The van der Waals surface area contributed by atoms with Gasteiger partial charge in [-0.3, -0.25) is 9.69 Å². The highest BCUT2D eigenvalue weighted by molar-refractivity contribution is 7.22. The summed E-state index contributed by atoms with van der Waals surface area (Å²) in [7, 11) is 0. The lowest BCUT2D eigenvalue weighted by molar-refractivity contribution is 0.0896. The average molecular weight is 382 g/mol. The molecule has 1 spiro atoms. The van der Waals surface area contributed by atoms with Gasteiger partial charge < -0.3 is 5.32 Å². The van der Waals surface area contributed by atoms with Gasteiger partial charge in [-0.25, -0.2) is 4.98 Å². The number of thiophene rings is 1. The van der Waals surface area contributed by atoms with Crippen molar-refractivity contribution in [2.75, 3.05) is 13.1 Å². The SMILES string of the molecule is O=C(NC1C2CCN(C2)C12CC2)c1cc2cccc(-c3nccs3)c2s1. The van der Waals surface area contributed by atoms with Crippen LogP contribution in [-0.4, -0.2) is 40.5 Å². The van der Waals surface area contributed by atoms with Gasteiger partial charge >= 0.3 is 0 Å². The predicted molar refractivity (Wildman–Crippen MR) is 106 cm³/mol. The van der Waals surface area contributed by atoms with E-state index < -0.39 is 0 Å². The van der Waals surface area contributed by atoms with Crippen molar-refractivity contribution in [1.82, 2.24) is 15.2 Å². The Morgan fingerprint density at radius 1 is 1.35 bits per heavy atom. The average Bonchev–Trinajstić information content (AvgIpc) is 3.14. The summed E-state index contributed by atoms with van der Waals surface area (Å²) in [4.78, 5) is 20.9. The van der Waals surface area contributed by atoms with Crippen molar-refractivity contribution in [3.8, 4) is 10.6 Å². The molecule has 3 aliphatic rings. The van der Waals surface area contributed by atoms with Crippen LogP contribution in [0.2, 0.25) is 0 Å². The molecule has 4 nitrogen and oxygen atoms in total. The molecule has 0 radical (unpaired) electrons. The minimum Gasteiger partial charge on any atom is -0.346 e. The van der Waals surface area contributed by atoms with Gasteiger partial charge in [-0.1, -0.05) is 18.2 Å². The van der Waals surface area contributed by atoms with Crippen molar-refractivity contribution in [2.45, 2.75) is 30.8 Å². The second-order valence-corrected chi connectivity index (χ2v) is 9.67. The Balaban J connectivity index is 1.33. The van der Waals surface area contributed by atoms with E-state index in [-0.39, 0.29) is 5.91 Å². The Labute approximate surface area is 159 Å². The normalized spacial score (nSPS) is 28.1. The fourth-order valence-electron chi connectivity index (χ4n) is 5.02. The van der Waals surface area contributed by atoms with Crippen LogP contribution in [0.4, 0.5) is 0 Å². The number of rotatable bonds is 3. The van der Waals surface area contributed by atoms with E-state index >= 15 is 0 Å². The Hall–Kier alpha value is -1.76. The van der Waals surface area contributed by atoms with Crippen LogP contribution in [0, 0.1) is 5.92 Å². The minimum absolute atomic E-state index is 0.0984. The zero-order valence-electron chi connectivity index (χ0n) is 14.3. The first-order valence-corrected chi connectivity index (χ1v) is 10.9. The summed E-state index contributed by atoms with van der Waals surface area (Å²) >= 11 is 3.24. The van der Waals surface area contributed by atoms with E-state index in [0.29, 0.717) is 17.5 Å². The molecule has 2 aliphatic heterocycles. The minimum atomic E-state index is 0.0984. The maximum Gasteiger partial charge on any atom is 0.261 e. The second kappa shape index (κ2) is 5.38. The summed E-state index contributed by atoms with van der Waals surface area (Å²) in [5, 5.41) is 7.55. The Morgan fingerprint density at radius 2 is 2.27 bits per heavy atom. The van der Waals surface area contributed by atoms with Gasteiger partial charge in [0.2, 0.25) is 0 Å². The Kier molecular flexibility index (Phi) is 3.17. The smallest absolute Gasteiger partial charge is 0.261 e. The fourth-order valence-corrected chi connectivity index (χ4v) is 6.83. The summed E-state index contributed by atoms with van der Waals surface area (Å²) in [6.07, 6.45) is 5.55. The van der Waals surface area contributed by atoms with Crippen LogP contribution >= 0.6 is 22.7 Å². The lowest BCUT2D eigenvalue weighted by atomic mass is 9.92. The highest BCUT2D eigenvalue weighted by Crippen LogP contribution is 2.55. The van der Waals surface area contributed by atoms with E-state index in [9.17, 15) is 4.79 Å². The lowest BCUT2D eigenvalue weighted by Gasteiger charge is -2.33. The molecule has 132 valence electrons. The van der Waals surface area contributed by atoms with Crippen LogP contribution in [0.5, 0.6) is 0 Å². The molecule has 2 bridgehead atoms. The van der Waals surface area contributed by atoms with Crippen molar-refractivity contribution in [1.29, 1.82) is 0 Å². The number of carbonyl (C=O) groups excluding carboxylic acids is 1. The Morgan fingerprint density at radius 3 is 3.08 bits per heavy atom. The van der Waals surface area contributed by atoms with Gasteiger partial charge in [0.15, 0.2) is 0 Å². The number of nitrogens with zero attached hydrogens (tertiary/aromatic N) is 2. The van der Waals surface area contributed by atoms with Gasteiger partial charge in [-0.15, -0.1) is 22.7 Å². The van der Waals surface area contributed by atoms with E-state index in [0.717, 1.165) is 25.5 Å². The van der Waals surface area contributed by atoms with E-state index in [1.54, 1.807) is 22.7 Å². The molecular formula is C20H19N3OS2. The summed E-state index contributed by atoms with van der Waals surface area (Å²) in [5.41, 5.74) is 1.42. The first-order valence-electron chi connectivity index (χ1n) is 9.23. The summed E-state index contributed by atoms with van der Waals surface area (Å²) in [5.74, 6) is 0.739. The molecule has 1 aromatic carbocycles. The van der Waals surface area contributed by atoms with Crippen molar-refractivity contribution < 1.29 is 4.79 Å². The van der Waals surface area contributed by atoms with Crippen molar-refractivity contribution in [2.24, 2.45) is 5.92 Å². The van der Waals surface area contributed by atoms with E-state index in [1.807, 2.05) is 17.6 Å². The summed E-state index contributed by atoms with van der Waals surface area (Å²) in [6, 6.07) is 8.62. The predicted octanol–water partition coefficient (Wildman–Crippen LogP) is 3.99. The molecule has 3 aromatic rings. The van der Waals surface area contributed by atoms with Gasteiger partial charge in [0.25, 0.3) is 5.91 Å². The van der Waals surface area contributed by atoms with Crippen molar-refractivity contribution >= 4 is 38.7 Å². The van der Waals surface area contributed by atoms with Crippen LogP contribution in [0.1, 0.15) is 28.9 Å². The van der Waals surface area contributed by atoms with Crippen LogP contribution < -0.4 is 5.32 Å². The number of piperidine rings is 1. The molecular weight excluding hydrogens is 362 g/mol. The third kappa shape index (κ3) is 2.09. The molecule has 2 saturated heterocycles. The monoisotopic (exact) mass is 381 g/mol. The number of hydrogen-bond donors (Lipinski definition) is 1. The first-order chi connectivity index (χ1) is 12.7. The number of carbonyl (C=O) groups is 1.